The quantitative estimate of drug-likeness (QED) is 0.368. The van der Waals surface area contributed by atoms with Gasteiger partial charge in [-0.1, -0.05) is 29.8 Å². The van der Waals surface area contributed by atoms with Crippen LogP contribution in [0.5, 0.6) is 17.2 Å². The molecule has 0 fully saturated rings. The molecule has 0 saturated heterocycles. The molecule has 0 radical (unpaired) electrons. The highest BCUT2D eigenvalue weighted by Gasteiger charge is 2.43. The SMILES string of the molecule is COc1ccc(CN2C(=O)c3oc4ccc(Cl)cc4c(=O)c3C2c2ccc(OC)c(OC)c2)cc1. The number of fused-ring (bicyclic) bond motifs is 2. The van der Waals surface area contributed by atoms with Gasteiger partial charge in [-0.25, -0.2) is 0 Å². The molecule has 1 amide bonds. The standard InChI is InChI=1S/C27H22ClNO6/c1-32-18-8-4-15(5-9-18)14-29-24(16-6-10-21(33-2)22(12-16)34-3)23-25(30)19-13-17(28)7-11-20(19)35-26(23)27(29)31/h4-13,24H,14H2,1-3H3. The fourth-order valence-electron chi connectivity index (χ4n) is 4.45. The number of rotatable bonds is 6. The molecule has 0 aliphatic carbocycles. The Kier molecular flexibility index (Phi) is 5.86. The first kappa shape index (κ1) is 22.8. The zero-order valence-corrected chi connectivity index (χ0v) is 20.1. The van der Waals surface area contributed by atoms with Crippen molar-refractivity contribution in [2.75, 3.05) is 21.3 Å². The van der Waals surface area contributed by atoms with Gasteiger partial charge in [-0.2, -0.15) is 0 Å². The van der Waals surface area contributed by atoms with Crippen molar-refractivity contribution >= 4 is 28.5 Å². The van der Waals surface area contributed by atoms with Crippen molar-refractivity contribution in [1.29, 1.82) is 0 Å². The van der Waals surface area contributed by atoms with Gasteiger partial charge in [0.2, 0.25) is 5.76 Å². The second kappa shape index (κ2) is 9.00. The van der Waals surface area contributed by atoms with Crippen LogP contribution in [0.2, 0.25) is 5.02 Å². The maximum absolute atomic E-state index is 13.7. The zero-order chi connectivity index (χ0) is 24.7. The zero-order valence-electron chi connectivity index (χ0n) is 19.3. The van der Waals surface area contributed by atoms with E-state index in [4.69, 9.17) is 30.2 Å². The topological polar surface area (TPSA) is 78.2 Å². The molecule has 0 N–H and O–H groups in total. The summed E-state index contributed by atoms with van der Waals surface area (Å²) in [6.07, 6.45) is 0. The Hall–Kier alpha value is -3.97. The van der Waals surface area contributed by atoms with Crippen LogP contribution >= 0.6 is 11.6 Å². The third kappa shape index (κ3) is 3.88. The van der Waals surface area contributed by atoms with Gasteiger partial charge < -0.3 is 23.5 Å². The van der Waals surface area contributed by atoms with Crippen molar-refractivity contribution in [3.63, 3.8) is 0 Å². The number of halogens is 1. The molecule has 8 heteroatoms. The summed E-state index contributed by atoms with van der Waals surface area (Å²) in [4.78, 5) is 28.9. The number of nitrogens with zero attached hydrogens (tertiary/aromatic N) is 1. The second-order valence-electron chi connectivity index (χ2n) is 8.11. The van der Waals surface area contributed by atoms with E-state index >= 15 is 0 Å². The smallest absolute Gasteiger partial charge is 0.291 e. The Bertz CT molecular complexity index is 1490. The molecule has 35 heavy (non-hydrogen) atoms. The van der Waals surface area contributed by atoms with Crippen LogP contribution in [0, 0.1) is 0 Å². The first-order valence-electron chi connectivity index (χ1n) is 10.9. The normalized spacial score (nSPS) is 14.8. The molecule has 1 aromatic heterocycles. The average molecular weight is 492 g/mol. The molecule has 1 unspecified atom stereocenters. The second-order valence-corrected chi connectivity index (χ2v) is 8.55. The molecule has 5 rings (SSSR count). The highest BCUT2D eigenvalue weighted by Crippen LogP contribution is 2.41. The Labute approximate surface area is 206 Å². The van der Waals surface area contributed by atoms with Gasteiger partial charge in [-0.3, -0.25) is 9.59 Å². The highest BCUT2D eigenvalue weighted by atomic mass is 35.5. The molecule has 0 saturated carbocycles. The highest BCUT2D eigenvalue weighted by molar-refractivity contribution is 6.31. The number of hydrogen-bond donors (Lipinski definition) is 0. The summed E-state index contributed by atoms with van der Waals surface area (Å²) in [6, 6.07) is 16.8. The Morgan fingerprint density at radius 3 is 2.31 bits per heavy atom. The molecular weight excluding hydrogens is 470 g/mol. The maximum atomic E-state index is 13.7. The largest absolute Gasteiger partial charge is 0.497 e. The average Bonchev–Trinajstić information content (AvgIpc) is 3.16. The number of hydrogen-bond acceptors (Lipinski definition) is 6. The molecule has 4 aromatic rings. The van der Waals surface area contributed by atoms with E-state index in [9.17, 15) is 9.59 Å². The number of benzene rings is 3. The van der Waals surface area contributed by atoms with Gasteiger partial charge >= 0.3 is 0 Å². The summed E-state index contributed by atoms with van der Waals surface area (Å²) in [5, 5.41) is 0.729. The minimum atomic E-state index is -0.695. The molecule has 3 aromatic carbocycles. The van der Waals surface area contributed by atoms with Gasteiger partial charge in [0.05, 0.1) is 38.3 Å². The summed E-state index contributed by atoms with van der Waals surface area (Å²) in [5.74, 6) is 1.40. The number of ether oxygens (including phenoxy) is 3. The van der Waals surface area contributed by atoms with E-state index in [2.05, 4.69) is 0 Å². The molecule has 1 aliphatic rings. The maximum Gasteiger partial charge on any atom is 0.291 e. The van der Waals surface area contributed by atoms with E-state index < -0.39 is 6.04 Å². The lowest BCUT2D eigenvalue weighted by atomic mass is 9.97. The summed E-state index contributed by atoms with van der Waals surface area (Å²) < 4.78 is 22.1. The van der Waals surface area contributed by atoms with Crippen LogP contribution in [0.1, 0.15) is 33.3 Å². The fraction of sp³-hybridized carbons (Fsp3) is 0.185. The summed E-state index contributed by atoms with van der Waals surface area (Å²) in [5.41, 5.74) is 1.85. The van der Waals surface area contributed by atoms with Crippen molar-refractivity contribution in [2.45, 2.75) is 12.6 Å². The number of methoxy groups -OCH3 is 3. The first-order chi connectivity index (χ1) is 16.9. The van der Waals surface area contributed by atoms with E-state index in [1.165, 1.54) is 7.11 Å². The van der Waals surface area contributed by atoms with Crippen LogP contribution in [0.25, 0.3) is 11.0 Å². The lowest BCUT2D eigenvalue weighted by Crippen LogP contribution is -2.29. The fourth-order valence-corrected chi connectivity index (χ4v) is 4.62. The summed E-state index contributed by atoms with van der Waals surface area (Å²) in [6.45, 7) is 0.253. The van der Waals surface area contributed by atoms with Crippen LogP contribution in [-0.4, -0.2) is 32.1 Å². The summed E-state index contributed by atoms with van der Waals surface area (Å²) in [7, 11) is 4.68. The van der Waals surface area contributed by atoms with E-state index in [1.54, 1.807) is 49.5 Å². The predicted molar refractivity (Wildman–Crippen MR) is 132 cm³/mol. The van der Waals surface area contributed by atoms with Gasteiger partial charge in [0.15, 0.2) is 16.9 Å². The van der Waals surface area contributed by atoms with E-state index in [-0.39, 0.29) is 29.2 Å². The number of carbonyl (C=O) groups excluding carboxylic acids is 1. The molecular formula is C27H22ClNO6. The first-order valence-corrected chi connectivity index (χ1v) is 11.2. The van der Waals surface area contributed by atoms with Crippen LogP contribution in [0.15, 0.2) is 69.9 Å². The number of carbonyl (C=O) groups is 1. The molecule has 0 spiro atoms. The van der Waals surface area contributed by atoms with Crippen molar-refractivity contribution in [1.82, 2.24) is 4.90 Å². The minimum absolute atomic E-state index is 0.0260. The van der Waals surface area contributed by atoms with Crippen molar-refractivity contribution < 1.29 is 23.4 Å². The van der Waals surface area contributed by atoms with Crippen molar-refractivity contribution in [2.24, 2.45) is 0 Å². The lowest BCUT2D eigenvalue weighted by Gasteiger charge is -2.26. The third-order valence-corrected chi connectivity index (χ3v) is 6.40. The monoisotopic (exact) mass is 491 g/mol. The van der Waals surface area contributed by atoms with Gasteiger partial charge in [-0.05, 0) is 53.6 Å². The molecule has 1 atom stereocenters. The third-order valence-electron chi connectivity index (χ3n) is 6.16. The van der Waals surface area contributed by atoms with E-state index in [1.807, 2.05) is 30.3 Å². The Morgan fingerprint density at radius 1 is 0.886 bits per heavy atom. The van der Waals surface area contributed by atoms with Crippen LogP contribution in [-0.2, 0) is 6.54 Å². The van der Waals surface area contributed by atoms with Crippen LogP contribution in [0.4, 0.5) is 0 Å². The van der Waals surface area contributed by atoms with Gasteiger partial charge in [0.25, 0.3) is 5.91 Å². The van der Waals surface area contributed by atoms with E-state index in [0.29, 0.717) is 38.8 Å². The number of amides is 1. The van der Waals surface area contributed by atoms with Gasteiger partial charge in [-0.15, -0.1) is 0 Å². The minimum Gasteiger partial charge on any atom is -0.497 e. The van der Waals surface area contributed by atoms with Crippen LogP contribution in [0.3, 0.4) is 0 Å². The molecule has 2 heterocycles. The van der Waals surface area contributed by atoms with Crippen LogP contribution < -0.4 is 19.6 Å². The predicted octanol–water partition coefficient (Wildman–Crippen LogP) is 5.22. The summed E-state index contributed by atoms with van der Waals surface area (Å²) >= 11 is 6.16. The van der Waals surface area contributed by atoms with Crippen molar-refractivity contribution in [3.05, 3.63) is 98.4 Å². The Morgan fingerprint density at radius 2 is 1.63 bits per heavy atom. The van der Waals surface area contributed by atoms with E-state index in [0.717, 1.165) is 5.56 Å². The molecule has 0 bridgehead atoms. The van der Waals surface area contributed by atoms with Gasteiger partial charge in [0, 0.05) is 11.6 Å². The molecule has 7 nitrogen and oxygen atoms in total. The molecule has 1 aliphatic heterocycles. The Balaban J connectivity index is 1.70. The van der Waals surface area contributed by atoms with Crippen molar-refractivity contribution in [3.8, 4) is 17.2 Å². The molecule has 178 valence electrons. The van der Waals surface area contributed by atoms with Gasteiger partial charge in [0.1, 0.15) is 11.3 Å². The lowest BCUT2D eigenvalue weighted by molar-refractivity contribution is 0.0714.